The summed E-state index contributed by atoms with van der Waals surface area (Å²) in [5.74, 6) is 0. The summed E-state index contributed by atoms with van der Waals surface area (Å²) in [6, 6.07) is 4.45. The van der Waals surface area contributed by atoms with E-state index < -0.39 is 5.60 Å². The monoisotopic (exact) mass is 373 g/mol. The molecule has 1 atom stereocenters. The first-order valence-corrected chi connectivity index (χ1v) is 10.1. The molecule has 1 aromatic heterocycles. The van der Waals surface area contributed by atoms with E-state index in [9.17, 15) is 5.11 Å². The van der Waals surface area contributed by atoms with Gasteiger partial charge < -0.3 is 9.67 Å². The summed E-state index contributed by atoms with van der Waals surface area (Å²) in [5, 5.41) is 13.1. The van der Waals surface area contributed by atoms with Crippen molar-refractivity contribution in [3.8, 4) is 0 Å². The molecule has 0 amide bonds. The highest BCUT2D eigenvalue weighted by Gasteiger charge is 2.36. The van der Waals surface area contributed by atoms with Crippen molar-refractivity contribution >= 4 is 17.0 Å². The second-order valence-corrected chi connectivity index (χ2v) is 8.87. The number of hydrogen-bond acceptors (Lipinski definition) is 1. The van der Waals surface area contributed by atoms with Crippen LogP contribution in [0.3, 0.4) is 0 Å². The maximum atomic E-state index is 11.9. The van der Waals surface area contributed by atoms with Crippen LogP contribution in [0.25, 0.3) is 17.0 Å². The van der Waals surface area contributed by atoms with Gasteiger partial charge in [0.25, 0.3) is 0 Å². The minimum absolute atomic E-state index is 0.811. The minimum atomic E-state index is -1.00. The lowest BCUT2D eigenvalue weighted by atomic mass is 9.80. The maximum Gasteiger partial charge on any atom is 0.109 e. The van der Waals surface area contributed by atoms with E-state index in [1.807, 2.05) is 6.92 Å². The van der Waals surface area contributed by atoms with Gasteiger partial charge in [-0.15, -0.1) is 0 Å². The number of nitrogens with zero attached hydrogens (tertiary/aromatic N) is 1. The zero-order valence-electron chi connectivity index (χ0n) is 18.4. The van der Waals surface area contributed by atoms with Gasteiger partial charge in [0.1, 0.15) is 5.60 Å². The number of aromatic nitrogens is 1. The van der Waals surface area contributed by atoms with E-state index in [1.54, 1.807) is 0 Å². The normalized spacial score (nSPS) is 15.7. The average molecular weight is 374 g/mol. The third kappa shape index (κ3) is 2.44. The predicted octanol–water partition coefficient (Wildman–Crippen LogP) is 5.88. The van der Waals surface area contributed by atoms with Gasteiger partial charge in [-0.2, -0.15) is 0 Å². The molecule has 0 fully saturated rings. The number of aryl methyl sites for hydroxylation is 3. The van der Waals surface area contributed by atoms with Crippen molar-refractivity contribution in [1.29, 1.82) is 0 Å². The topological polar surface area (TPSA) is 25.2 Å². The molecule has 0 aliphatic heterocycles. The third-order valence-corrected chi connectivity index (χ3v) is 7.30. The second kappa shape index (κ2) is 6.09. The molecule has 2 aromatic carbocycles. The fourth-order valence-electron chi connectivity index (χ4n) is 5.11. The lowest BCUT2D eigenvalue weighted by Crippen LogP contribution is -2.26. The summed E-state index contributed by atoms with van der Waals surface area (Å²) in [4.78, 5) is 0. The molecule has 1 aliphatic carbocycles. The van der Waals surface area contributed by atoms with E-state index in [0.717, 1.165) is 22.9 Å². The summed E-state index contributed by atoms with van der Waals surface area (Å²) in [5.41, 5.74) is 12.8. The lowest BCUT2D eigenvalue weighted by Gasteiger charge is -2.30. The summed E-state index contributed by atoms with van der Waals surface area (Å²) >= 11 is 0. The number of hydrogen-bond donors (Lipinski definition) is 1. The molecule has 0 bridgehead atoms. The first-order valence-electron chi connectivity index (χ1n) is 10.1. The van der Waals surface area contributed by atoms with Crippen molar-refractivity contribution < 1.29 is 5.11 Å². The van der Waals surface area contributed by atoms with E-state index in [-0.39, 0.29) is 0 Å². The fraction of sp³-hybridized carbons (Fsp3) is 0.385. The highest BCUT2D eigenvalue weighted by molar-refractivity contribution is 5.90. The molecule has 2 heteroatoms. The third-order valence-electron chi connectivity index (χ3n) is 7.30. The fourth-order valence-corrected chi connectivity index (χ4v) is 5.11. The van der Waals surface area contributed by atoms with Crippen LogP contribution >= 0.6 is 0 Å². The highest BCUT2D eigenvalue weighted by Crippen LogP contribution is 2.44. The molecule has 146 valence electrons. The summed E-state index contributed by atoms with van der Waals surface area (Å²) in [7, 11) is 2.09. The van der Waals surface area contributed by atoms with Gasteiger partial charge in [0.05, 0.1) is 5.52 Å². The quantitative estimate of drug-likeness (QED) is 0.596. The van der Waals surface area contributed by atoms with E-state index >= 15 is 0 Å². The number of aliphatic hydroxyl groups is 1. The Morgan fingerprint density at radius 2 is 1.61 bits per heavy atom. The molecule has 1 unspecified atom stereocenters. The molecule has 2 nitrogen and oxygen atoms in total. The van der Waals surface area contributed by atoms with Crippen molar-refractivity contribution in [1.82, 2.24) is 4.57 Å². The van der Waals surface area contributed by atoms with Crippen LogP contribution in [0.4, 0.5) is 0 Å². The van der Waals surface area contributed by atoms with E-state index in [2.05, 4.69) is 77.6 Å². The first-order chi connectivity index (χ1) is 13.1. The maximum absolute atomic E-state index is 11.9. The lowest BCUT2D eigenvalue weighted by molar-refractivity contribution is 0.0975. The number of fused-ring (bicyclic) bond motifs is 2. The second-order valence-electron chi connectivity index (χ2n) is 8.87. The smallest absolute Gasteiger partial charge is 0.109 e. The average Bonchev–Trinajstić information content (AvgIpc) is 3.22. The molecule has 0 spiro atoms. The van der Waals surface area contributed by atoms with Crippen LogP contribution in [0.15, 0.2) is 23.9 Å². The molecule has 0 saturated heterocycles. The van der Waals surface area contributed by atoms with Crippen LogP contribution in [-0.4, -0.2) is 9.67 Å². The standard InChI is InChI=1S/C26H31NO/c1-14-11-20-12-21(13-23(20)17(4)15(14)2)26(7,28)24-18(5)16(3)19(6)25-22(24)9-10-27(25)8/h9-11,13,28H,12H2,1-8H3. The Morgan fingerprint density at radius 1 is 0.929 bits per heavy atom. The van der Waals surface area contributed by atoms with Gasteiger partial charge in [0.2, 0.25) is 0 Å². The number of benzene rings is 2. The van der Waals surface area contributed by atoms with Crippen LogP contribution in [0.2, 0.25) is 0 Å². The molecule has 4 rings (SSSR count). The van der Waals surface area contributed by atoms with Gasteiger partial charge in [-0.1, -0.05) is 12.1 Å². The molecular formula is C26H31NO. The molecule has 0 saturated carbocycles. The Hall–Kier alpha value is -2.32. The highest BCUT2D eigenvalue weighted by atomic mass is 16.3. The zero-order chi connectivity index (χ0) is 20.5. The molecule has 0 radical (unpaired) electrons. The van der Waals surface area contributed by atoms with E-state index in [4.69, 9.17) is 0 Å². The Morgan fingerprint density at radius 3 is 2.29 bits per heavy atom. The first kappa shape index (κ1) is 19.0. The summed E-state index contributed by atoms with van der Waals surface area (Å²) in [6.07, 6.45) is 5.15. The van der Waals surface area contributed by atoms with Crippen LogP contribution in [0.1, 0.15) is 57.0 Å². The molecule has 3 aromatic rings. The minimum Gasteiger partial charge on any atom is -0.381 e. The van der Waals surface area contributed by atoms with Crippen molar-refractivity contribution in [2.75, 3.05) is 0 Å². The molecule has 1 heterocycles. The molecule has 1 aliphatic rings. The van der Waals surface area contributed by atoms with Crippen LogP contribution < -0.4 is 0 Å². The molecule has 1 N–H and O–H groups in total. The Labute approximate surface area is 168 Å². The molecular weight excluding hydrogens is 342 g/mol. The SMILES string of the molecule is Cc1cc2c(c(C)c1C)C=C(C(C)(O)c1c(C)c(C)c(C)c3c1ccn3C)C2. The Bertz CT molecular complexity index is 1170. The van der Waals surface area contributed by atoms with Gasteiger partial charge >= 0.3 is 0 Å². The van der Waals surface area contributed by atoms with Crippen LogP contribution in [0.5, 0.6) is 0 Å². The largest absolute Gasteiger partial charge is 0.381 e. The van der Waals surface area contributed by atoms with Crippen molar-refractivity contribution in [3.63, 3.8) is 0 Å². The predicted molar refractivity (Wildman–Crippen MR) is 119 cm³/mol. The van der Waals surface area contributed by atoms with Crippen LogP contribution in [0, 0.1) is 41.5 Å². The Balaban J connectivity index is 1.95. The van der Waals surface area contributed by atoms with Gasteiger partial charge in [-0.05, 0) is 117 Å². The van der Waals surface area contributed by atoms with Gasteiger partial charge in [0, 0.05) is 18.6 Å². The van der Waals surface area contributed by atoms with Gasteiger partial charge in [-0.3, -0.25) is 0 Å². The Kier molecular flexibility index (Phi) is 4.13. The van der Waals surface area contributed by atoms with Crippen molar-refractivity contribution in [2.24, 2.45) is 7.05 Å². The van der Waals surface area contributed by atoms with Crippen molar-refractivity contribution in [3.05, 3.63) is 74.0 Å². The van der Waals surface area contributed by atoms with E-state index in [1.165, 1.54) is 50.0 Å². The zero-order valence-corrected chi connectivity index (χ0v) is 18.4. The van der Waals surface area contributed by atoms with Gasteiger partial charge in [-0.25, -0.2) is 0 Å². The molecule has 28 heavy (non-hydrogen) atoms. The summed E-state index contributed by atoms with van der Waals surface area (Å²) in [6.45, 7) is 15.1. The summed E-state index contributed by atoms with van der Waals surface area (Å²) < 4.78 is 2.17. The van der Waals surface area contributed by atoms with Crippen LogP contribution in [-0.2, 0) is 19.1 Å². The number of rotatable bonds is 2. The van der Waals surface area contributed by atoms with E-state index in [0.29, 0.717) is 0 Å². The van der Waals surface area contributed by atoms with Gasteiger partial charge in [0.15, 0.2) is 0 Å². The van der Waals surface area contributed by atoms with Crippen molar-refractivity contribution in [2.45, 2.75) is 60.5 Å².